The van der Waals surface area contributed by atoms with Gasteiger partial charge < -0.3 is 14.6 Å². The topological polar surface area (TPSA) is 89.9 Å². The van der Waals surface area contributed by atoms with Gasteiger partial charge in [0.15, 0.2) is 5.78 Å². The van der Waals surface area contributed by atoms with Gasteiger partial charge in [0.2, 0.25) is 6.10 Å². The molecule has 0 spiro atoms. The number of carbonyl (C=O) groups is 3. The molecule has 0 radical (unpaired) electrons. The van der Waals surface area contributed by atoms with E-state index in [1.807, 2.05) is 18.2 Å². The second-order valence-electron chi connectivity index (χ2n) is 9.13. The molecule has 2 aromatic rings. The van der Waals surface area contributed by atoms with Crippen molar-refractivity contribution in [2.24, 2.45) is 11.3 Å². The maximum atomic E-state index is 12.6. The number of carboxylic acid groups (broad SMARTS) is 1. The lowest BCUT2D eigenvalue weighted by Crippen LogP contribution is -2.38. The standard InChI is InChI=1S/C27H26Cl2O6/c1-3-27-10-9-18(30)12-19(27)21-17(13-27)11-20(22(28)23(21)29)35-24(25(31)32)15(2)26(33)34-14-16-7-5-4-6-8-16/h4-8,11-12,15,24H,3,9-10,13-14H2,1-2H3,(H,31,32). The molecule has 0 amide bonds. The fraction of sp³-hybridized carbons (Fsp3) is 0.370. The second kappa shape index (κ2) is 10.0. The predicted molar refractivity (Wildman–Crippen MR) is 133 cm³/mol. The number of ether oxygens (including phenoxy) is 2. The van der Waals surface area contributed by atoms with Gasteiger partial charge in [0.1, 0.15) is 23.3 Å². The summed E-state index contributed by atoms with van der Waals surface area (Å²) in [5.74, 6) is -3.00. The number of benzene rings is 2. The van der Waals surface area contributed by atoms with Crippen molar-refractivity contribution in [1.29, 1.82) is 0 Å². The summed E-state index contributed by atoms with van der Waals surface area (Å²) < 4.78 is 11.1. The van der Waals surface area contributed by atoms with Gasteiger partial charge in [0.05, 0.1) is 5.02 Å². The van der Waals surface area contributed by atoms with Crippen LogP contribution in [-0.4, -0.2) is 28.9 Å². The molecule has 2 aliphatic carbocycles. The largest absolute Gasteiger partial charge is 0.478 e. The number of aliphatic carboxylic acids is 1. The summed E-state index contributed by atoms with van der Waals surface area (Å²) in [5, 5.41) is 10.1. The molecule has 3 atom stereocenters. The van der Waals surface area contributed by atoms with Gasteiger partial charge in [-0.15, -0.1) is 0 Å². The first-order valence-corrected chi connectivity index (χ1v) is 12.3. The number of hydrogen-bond acceptors (Lipinski definition) is 5. The minimum atomic E-state index is -1.53. The van der Waals surface area contributed by atoms with Crippen LogP contribution in [0.4, 0.5) is 0 Å². The van der Waals surface area contributed by atoms with Crippen molar-refractivity contribution in [3.8, 4) is 5.75 Å². The van der Waals surface area contributed by atoms with Crippen LogP contribution >= 0.6 is 23.2 Å². The van der Waals surface area contributed by atoms with Crippen molar-refractivity contribution in [2.75, 3.05) is 0 Å². The monoisotopic (exact) mass is 516 g/mol. The molecule has 35 heavy (non-hydrogen) atoms. The van der Waals surface area contributed by atoms with Crippen molar-refractivity contribution >= 4 is 46.5 Å². The first-order valence-electron chi connectivity index (χ1n) is 11.5. The number of ketones is 1. The lowest BCUT2D eigenvalue weighted by atomic mass is 9.71. The Morgan fingerprint density at radius 3 is 2.54 bits per heavy atom. The Kier molecular flexibility index (Phi) is 7.25. The van der Waals surface area contributed by atoms with Crippen LogP contribution in [0, 0.1) is 11.3 Å². The van der Waals surface area contributed by atoms with E-state index >= 15 is 0 Å². The summed E-state index contributed by atoms with van der Waals surface area (Å²) >= 11 is 13.2. The Labute approximate surface area is 213 Å². The van der Waals surface area contributed by atoms with Crippen molar-refractivity contribution in [2.45, 2.75) is 52.2 Å². The Bertz CT molecular complexity index is 1210. The average molecular weight is 517 g/mol. The van der Waals surface area contributed by atoms with Gasteiger partial charge >= 0.3 is 11.9 Å². The van der Waals surface area contributed by atoms with Gasteiger partial charge in [-0.05, 0) is 55.0 Å². The summed E-state index contributed by atoms with van der Waals surface area (Å²) in [7, 11) is 0. The molecule has 0 aromatic heterocycles. The second-order valence-corrected chi connectivity index (χ2v) is 9.89. The molecule has 8 heteroatoms. The number of esters is 1. The minimum absolute atomic E-state index is 0.0225. The lowest BCUT2D eigenvalue weighted by Gasteiger charge is -2.32. The molecule has 4 rings (SSSR count). The van der Waals surface area contributed by atoms with E-state index in [9.17, 15) is 19.5 Å². The molecule has 0 fully saturated rings. The highest BCUT2D eigenvalue weighted by molar-refractivity contribution is 6.44. The minimum Gasteiger partial charge on any atom is -0.478 e. The normalized spacial score (nSPS) is 20.3. The molecule has 0 saturated carbocycles. The quantitative estimate of drug-likeness (QED) is 0.439. The Balaban J connectivity index is 1.59. The predicted octanol–water partition coefficient (Wildman–Crippen LogP) is 5.90. The van der Waals surface area contributed by atoms with E-state index in [1.165, 1.54) is 6.92 Å². The molecule has 0 aliphatic heterocycles. The maximum Gasteiger partial charge on any atom is 0.345 e. The van der Waals surface area contributed by atoms with E-state index < -0.39 is 24.0 Å². The van der Waals surface area contributed by atoms with Gasteiger partial charge in [-0.2, -0.15) is 0 Å². The molecule has 0 bridgehead atoms. The van der Waals surface area contributed by atoms with E-state index in [-0.39, 0.29) is 33.6 Å². The highest BCUT2D eigenvalue weighted by Crippen LogP contribution is 2.57. The zero-order valence-electron chi connectivity index (χ0n) is 19.5. The molecule has 0 saturated heterocycles. The SMILES string of the molecule is CCC12CCC(=O)C=C1c1c(cc(OC(C(=O)O)C(C)C(=O)OCc3ccccc3)c(Cl)c1Cl)C2. The number of carboxylic acids is 1. The van der Waals surface area contributed by atoms with Crippen LogP contribution in [-0.2, 0) is 32.1 Å². The molecule has 2 aliphatic rings. The maximum absolute atomic E-state index is 12.6. The molecular formula is C27H26Cl2O6. The average Bonchev–Trinajstić information content (AvgIpc) is 3.17. The third-order valence-electron chi connectivity index (χ3n) is 7.00. The molecule has 2 aromatic carbocycles. The van der Waals surface area contributed by atoms with E-state index in [2.05, 4.69) is 6.92 Å². The molecule has 1 N–H and O–H groups in total. The Morgan fingerprint density at radius 1 is 1.17 bits per heavy atom. The fourth-order valence-electron chi connectivity index (χ4n) is 4.92. The molecule has 0 heterocycles. The van der Waals surface area contributed by atoms with Crippen LogP contribution in [0.25, 0.3) is 5.57 Å². The Hall–Kier alpha value is -2.83. The highest BCUT2D eigenvalue weighted by Gasteiger charge is 2.45. The first-order chi connectivity index (χ1) is 16.7. The number of allylic oxidation sites excluding steroid dienone is 2. The summed E-state index contributed by atoms with van der Waals surface area (Å²) in [4.78, 5) is 36.8. The van der Waals surface area contributed by atoms with Crippen molar-refractivity contribution in [3.63, 3.8) is 0 Å². The Morgan fingerprint density at radius 2 is 1.89 bits per heavy atom. The van der Waals surface area contributed by atoms with Crippen LogP contribution < -0.4 is 4.74 Å². The molecule has 3 unspecified atom stereocenters. The first kappa shape index (κ1) is 25.3. The lowest BCUT2D eigenvalue weighted by molar-refractivity contribution is -0.161. The zero-order valence-corrected chi connectivity index (χ0v) is 21.0. The van der Waals surface area contributed by atoms with Gasteiger partial charge in [-0.1, -0.05) is 60.5 Å². The smallest absolute Gasteiger partial charge is 0.345 e. The number of halogens is 2. The number of carbonyl (C=O) groups excluding carboxylic acids is 2. The fourth-order valence-corrected chi connectivity index (χ4v) is 5.43. The molecule has 6 nitrogen and oxygen atoms in total. The van der Waals surface area contributed by atoms with Gasteiger partial charge in [0.25, 0.3) is 0 Å². The number of fused-ring (bicyclic) bond motifs is 3. The van der Waals surface area contributed by atoms with Crippen molar-refractivity contribution < 1.29 is 29.0 Å². The van der Waals surface area contributed by atoms with Crippen LogP contribution in [0.3, 0.4) is 0 Å². The van der Waals surface area contributed by atoms with Crippen LogP contribution in [0.15, 0.2) is 42.5 Å². The van der Waals surface area contributed by atoms with E-state index in [4.69, 9.17) is 32.7 Å². The summed E-state index contributed by atoms with van der Waals surface area (Å²) in [5.41, 5.74) is 3.04. The molecular weight excluding hydrogens is 491 g/mol. The third-order valence-corrected chi connectivity index (χ3v) is 7.85. The van der Waals surface area contributed by atoms with E-state index in [0.717, 1.165) is 35.1 Å². The summed E-state index contributed by atoms with van der Waals surface area (Å²) in [6.07, 6.45) is 2.80. The van der Waals surface area contributed by atoms with E-state index in [0.29, 0.717) is 12.8 Å². The zero-order chi connectivity index (χ0) is 25.3. The van der Waals surface area contributed by atoms with Crippen molar-refractivity contribution in [1.82, 2.24) is 0 Å². The molecule has 184 valence electrons. The number of rotatable bonds is 8. The van der Waals surface area contributed by atoms with Gasteiger partial charge in [-0.3, -0.25) is 9.59 Å². The van der Waals surface area contributed by atoms with Crippen LogP contribution in [0.2, 0.25) is 10.0 Å². The summed E-state index contributed by atoms with van der Waals surface area (Å²) in [6.45, 7) is 3.53. The van der Waals surface area contributed by atoms with Crippen LogP contribution in [0.1, 0.15) is 49.8 Å². The highest BCUT2D eigenvalue weighted by atomic mass is 35.5. The van der Waals surface area contributed by atoms with Crippen LogP contribution in [0.5, 0.6) is 5.75 Å². The van der Waals surface area contributed by atoms with E-state index in [1.54, 1.807) is 24.3 Å². The van der Waals surface area contributed by atoms with Crippen molar-refractivity contribution in [3.05, 3.63) is 69.2 Å². The van der Waals surface area contributed by atoms with Gasteiger partial charge in [-0.25, -0.2) is 4.79 Å². The summed E-state index contributed by atoms with van der Waals surface area (Å²) in [6, 6.07) is 10.8. The van der Waals surface area contributed by atoms with Gasteiger partial charge in [0, 0.05) is 17.4 Å². The number of hydrogen-bond donors (Lipinski definition) is 1. The third kappa shape index (κ3) is 4.82.